The lowest BCUT2D eigenvalue weighted by Crippen LogP contribution is -2.35. The van der Waals surface area contributed by atoms with E-state index in [0.717, 1.165) is 12.8 Å². The minimum atomic E-state index is -0.467. The van der Waals surface area contributed by atoms with Gasteiger partial charge in [0, 0.05) is 19.0 Å². The van der Waals surface area contributed by atoms with Crippen LogP contribution < -0.4 is 0 Å². The van der Waals surface area contributed by atoms with E-state index >= 15 is 0 Å². The Morgan fingerprint density at radius 2 is 1.83 bits per heavy atom. The van der Waals surface area contributed by atoms with Gasteiger partial charge >= 0.3 is 6.09 Å². The van der Waals surface area contributed by atoms with Gasteiger partial charge < -0.3 is 9.64 Å². The number of rotatable bonds is 2. The zero-order valence-corrected chi connectivity index (χ0v) is 15.0. The van der Waals surface area contributed by atoms with Crippen LogP contribution in [0.5, 0.6) is 0 Å². The Morgan fingerprint density at radius 1 is 1.22 bits per heavy atom. The maximum Gasteiger partial charge on any atom is 0.410 e. The van der Waals surface area contributed by atoms with E-state index in [-0.39, 0.29) is 17.8 Å². The van der Waals surface area contributed by atoms with Gasteiger partial charge in [-0.15, -0.1) is 0 Å². The molecule has 0 radical (unpaired) electrons. The van der Waals surface area contributed by atoms with Crippen LogP contribution in [0, 0.1) is 5.92 Å². The van der Waals surface area contributed by atoms with Gasteiger partial charge in [-0.05, 0) is 46.1 Å². The number of hydrogen-bond acceptors (Lipinski definition) is 3. The van der Waals surface area contributed by atoms with Crippen molar-refractivity contribution in [2.24, 2.45) is 5.92 Å². The summed E-state index contributed by atoms with van der Waals surface area (Å²) < 4.78 is 5.23. The molecular formula is C19H29NO3. The number of aryl methyl sites for hydroxylation is 1. The summed E-state index contributed by atoms with van der Waals surface area (Å²) in [6, 6.07) is 10.5. The number of ketones is 1. The van der Waals surface area contributed by atoms with E-state index in [0.29, 0.717) is 13.1 Å². The molecule has 1 aromatic carbocycles. The number of benzene rings is 1. The summed E-state index contributed by atoms with van der Waals surface area (Å²) in [6.45, 7) is 10.4. The Bertz CT molecular complexity index is 505. The first-order valence-electron chi connectivity index (χ1n) is 8.25. The van der Waals surface area contributed by atoms with E-state index in [1.54, 1.807) is 11.8 Å². The van der Waals surface area contributed by atoms with Crippen LogP contribution in [0.15, 0.2) is 30.3 Å². The molecule has 0 aromatic heterocycles. The number of nitrogens with zero attached hydrogens (tertiary/aromatic N) is 1. The smallest absolute Gasteiger partial charge is 0.410 e. The normalized spacial score (nSPS) is 17.3. The minimum absolute atomic E-state index is 0.00230. The summed E-state index contributed by atoms with van der Waals surface area (Å²) in [4.78, 5) is 24.4. The van der Waals surface area contributed by atoms with Crippen molar-refractivity contribution >= 4 is 11.9 Å². The number of likely N-dealkylation sites (tertiary alicyclic amines) is 1. The molecule has 0 saturated carbocycles. The van der Waals surface area contributed by atoms with Crippen LogP contribution in [0.25, 0.3) is 0 Å². The van der Waals surface area contributed by atoms with E-state index in [1.807, 2.05) is 26.8 Å². The van der Waals surface area contributed by atoms with Gasteiger partial charge in [-0.1, -0.05) is 37.3 Å². The van der Waals surface area contributed by atoms with Gasteiger partial charge in [-0.2, -0.15) is 0 Å². The number of ether oxygens (including phenoxy) is 1. The van der Waals surface area contributed by atoms with Crippen molar-refractivity contribution in [1.29, 1.82) is 0 Å². The number of amides is 1. The van der Waals surface area contributed by atoms with Crippen LogP contribution in [-0.4, -0.2) is 35.5 Å². The highest BCUT2D eigenvalue weighted by atomic mass is 16.6. The number of hydrogen-bond donors (Lipinski definition) is 0. The number of Topliss-reactive ketones (excluding diaryl/α,β-unsaturated/α-hetero) is 1. The van der Waals surface area contributed by atoms with Crippen LogP contribution in [-0.2, 0) is 16.0 Å². The number of carbonyl (C=O) groups is 2. The van der Waals surface area contributed by atoms with Crippen molar-refractivity contribution in [2.45, 2.75) is 53.1 Å². The van der Waals surface area contributed by atoms with Gasteiger partial charge in [0.1, 0.15) is 11.4 Å². The Hall–Kier alpha value is -1.84. The predicted molar refractivity (Wildman–Crippen MR) is 92.4 cm³/mol. The molecule has 1 aliphatic rings. The van der Waals surface area contributed by atoms with E-state index in [1.165, 1.54) is 5.56 Å². The molecule has 1 aliphatic heterocycles. The summed E-state index contributed by atoms with van der Waals surface area (Å²) in [6.07, 6.45) is 1.58. The lowest BCUT2D eigenvalue weighted by Gasteiger charge is -2.24. The van der Waals surface area contributed by atoms with Crippen LogP contribution >= 0.6 is 0 Å². The largest absolute Gasteiger partial charge is 0.444 e. The fourth-order valence-electron chi connectivity index (χ4n) is 2.30. The van der Waals surface area contributed by atoms with Crippen molar-refractivity contribution in [2.75, 3.05) is 13.1 Å². The molecule has 4 nitrogen and oxygen atoms in total. The van der Waals surface area contributed by atoms with Crippen molar-refractivity contribution < 1.29 is 14.3 Å². The van der Waals surface area contributed by atoms with Gasteiger partial charge in [0.15, 0.2) is 0 Å². The predicted octanol–water partition coefficient (Wildman–Crippen LogP) is 4.08. The lowest BCUT2D eigenvalue weighted by molar-refractivity contribution is -0.120. The lowest BCUT2D eigenvalue weighted by atomic mass is 10.1. The van der Waals surface area contributed by atoms with Gasteiger partial charge in [-0.3, -0.25) is 4.79 Å². The highest BCUT2D eigenvalue weighted by molar-refractivity contribution is 5.80. The second-order valence-corrected chi connectivity index (χ2v) is 6.86. The minimum Gasteiger partial charge on any atom is -0.444 e. The molecule has 0 unspecified atom stereocenters. The van der Waals surface area contributed by atoms with Gasteiger partial charge in [0.05, 0.1) is 0 Å². The quantitative estimate of drug-likeness (QED) is 0.825. The van der Waals surface area contributed by atoms with E-state index < -0.39 is 5.60 Å². The average Bonchev–Trinajstić information content (AvgIpc) is 2.97. The molecule has 1 atom stereocenters. The SMILES string of the molecule is CC(=O)[C@@H]1CCN(C(=O)OC(C)(C)C)C1.CCc1ccccc1. The van der Waals surface area contributed by atoms with Crippen molar-refractivity contribution in [3.63, 3.8) is 0 Å². The Balaban J connectivity index is 0.000000277. The first-order chi connectivity index (χ1) is 10.7. The highest BCUT2D eigenvalue weighted by Crippen LogP contribution is 2.19. The standard InChI is InChI=1S/C11H19NO3.C8H10/c1-8(13)9-5-6-12(7-9)10(14)15-11(2,3)4;1-2-8-6-4-3-5-7-8/h9H,5-7H2,1-4H3;3-7H,2H2,1H3/t9-;/m1./s1. The highest BCUT2D eigenvalue weighted by Gasteiger charge is 2.31. The van der Waals surface area contributed by atoms with Crippen LogP contribution in [0.2, 0.25) is 0 Å². The molecule has 0 aliphatic carbocycles. The molecule has 23 heavy (non-hydrogen) atoms. The second-order valence-electron chi connectivity index (χ2n) is 6.86. The molecule has 1 saturated heterocycles. The summed E-state index contributed by atoms with van der Waals surface area (Å²) in [7, 11) is 0. The molecule has 1 amide bonds. The summed E-state index contributed by atoms with van der Waals surface area (Å²) in [5.41, 5.74) is 0.943. The first-order valence-corrected chi connectivity index (χ1v) is 8.25. The van der Waals surface area contributed by atoms with Crippen molar-refractivity contribution in [3.05, 3.63) is 35.9 Å². The summed E-state index contributed by atoms with van der Waals surface area (Å²) in [5.74, 6) is 0.151. The molecule has 4 heteroatoms. The molecule has 0 N–H and O–H groups in total. The van der Waals surface area contributed by atoms with Gasteiger partial charge in [0.2, 0.25) is 0 Å². The summed E-state index contributed by atoms with van der Waals surface area (Å²) >= 11 is 0. The molecule has 1 fully saturated rings. The molecule has 1 heterocycles. The van der Waals surface area contributed by atoms with Crippen molar-refractivity contribution in [1.82, 2.24) is 4.90 Å². The third-order valence-electron chi connectivity index (χ3n) is 3.67. The fraction of sp³-hybridized carbons (Fsp3) is 0.579. The van der Waals surface area contributed by atoms with Gasteiger partial charge in [-0.25, -0.2) is 4.79 Å². The second kappa shape index (κ2) is 8.70. The Kier molecular flexibility index (Phi) is 7.27. The third kappa shape index (κ3) is 7.31. The Labute approximate surface area is 139 Å². The number of carbonyl (C=O) groups excluding carboxylic acids is 2. The topological polar surface area (TPSA) is 46.6 Å². The molecule has 1 aromatic rings. The van der Waals surface area contributed by atoms with Crippen LogP contribution in [0.4, 0.5) is 4.79 Å². The third-order valence-corrected chi connectivity index (χ3v) is 3.67. The first kappa shape index (κ1) is 19.2. The van der Waals surface area contributed by atoms with Crippen molar-refractivity contribution in [3.8, 4) is 0 Å². The zero-order valence-electron chi connectivity index (χ0n) is 15.0. The van der Waals surface area contributed by atoms with E-state index in [4.69, 9.17) is 4.74 Å². The van der Waals surface area contributed by atoms with E-state index in [9.17, 15) is 9.59 Å². The maximum atomic E-state index is 11.6. The molecular weight excluding hydrogens is 290 g/mol. The van der Waals surface area contributed by atoms with Gasteiger partial charge in [0.25, 0.3) is 0 Å². The molecule has 128 valence electrons. The zero-order chi connectivity index (χ0) is 17.5. The monoisotopic (exact) mass is 319 g/mol. The maximum absolute atomic E-state index is 11.6. The average molecular weight is 319 g/mol. The molecule has 2 rings (SSSR count). The molecule has 0 spiro atoms. The Morgan fingerprint density at radius 3 is 2.22 bits per heavy atom. The van der Waals surface area contributed by atoms with Crippen LogP contribution in [0.1, 0.15) is 46.6 Å². The fourth-order valence-corrected chi connectivity index (χ4v) is 2.30. The van der Waals surface area contributed by atoms with Crippen LogP contribution in [0.3, 0.4) is 0 Å². The summed E-state index contributed by atoms with van der Waals surface area (Å²) in [5, 5.41) is 0. The van der Waals surface area contributed by atoms with E-state index in [2.05, 4.69) is 31.2 Å². The molecule has 0 bridgehead atoms.